The van der Waals surface area contributed by atoms with Crippen molar-refractivity contribution < 1.29 is 0 Å². The first-order chi connectivity index (χ1) is 8.72. The Morgan fingerprint density at radius 1 is 1.06 bits per heavy atom. The molecule has 3 nitrogen and oxygen atoms in total. The molecule has 0 radical (unpaired) electrons. The molecule has 0 aromatic carbocycles. The van der Waals surface area contributed by atoms with Crippen LogP contribution < -0.4 is 5.32 Å². The van der Waals surface area contributed by atoms with Crippen LogP contribution in [0, 0.1) is 0 Å². The first-order valence-electron chi connectivity index (χ1n) is 7.83. The minimum atomic E-state index is 0.708. The van der Waals surface area contributed by atoms with Crippen molar-refractivity contribution in [3.8, 4) is 0 Å². The van der Waals surface area contributed by atoms with Gasteiger partial charge in [-0.05, 0) is 33.9 Å². The first-order valence-corrected chi connectivity index (χ1v) is 7.83. The van der Waals surface area contributed by atoms with Gasteiger partial charge in [-0.2, -0.15) is 0 Å². The van der Waals surface area contributed by atoms with E-state index < -0.39 is 0 Å². The first kappa shape index (κ1) is 14.3. The molecule has 1 heterocycles. The molecule has 2 aliphatic rings. The van der Waals surface area contributed by atoms with Gasteiger partial charge >= 0.3 is 0 Å². The predicted octanol–water partition coefficient (Wildman–Crippen LogP) is 1.93. The molecule has 1 aliphatic carbocycles. The van der Waals surface area contributed by atoms with E-state index in [4.69, 9.17) is 0 Å². The van der Waals surface area contributed by atoms with Crippen LogP contribution in [0.4, 0.5) is 0 Å². The van der Waals surface area contributed by atoms with Gasteiger partial charge in [0.15, 0.2) is 0 Å². The van der Waals surface area contributed by atoms with E-state index in [2.05, 4.69) is 36.1 Å². The summed E-state index contributed by atoms with van der Waals surface area (Å²) in [4.78, 5) is 5.35. The minimum Gasteiger partial charge on any atom is -0.318 e. The van der Waals surface area contributed by atoms with E-state index in [1.165, 1.54) is 51.6 Å². The highest BCUT2D eigenvalue weighted by Crippen LogP contribution is 2.26. The highest BCUT2D eigenvalue weighted by molar-refractivity contribution is 4.90. The van der Waals surface area contributed by atoms with Crippen LogP contribution in [0.25, 0.3) is 0 Å². The lowest BCUT2D eigenvalue weighted by atomic mass is 10.00. The van der Waals surface area contributed by atoms with Crippen LogP contribution in [0.2, 0.25) is 0 Å². The van der Waals surface area contributed by atoms with Gasteiger partial charge in [-0.15, -0.1) is 0 Å². The summed E-state index contributed by atoms with van der Waals surface area (Å²) in [7, 11) is 4.36. The summed E-state index contributed by atoms with van der Waals surface area (Å²) in [6.45, 7) is 5.98. The maximum Gasteiger partial charge on any atom is 0.0351 e. The summed E-state index contributed by atoms with van der Waals surface area (Å²) in [5.74, 6) is 0. The average Bonchev–Trinajstić information content (AvgIpc) is 2.62. The molecule has 0 aromatic heterocycles. The summed E-state index contributed by atoms with van der Waals surface area (Å²) in [5, 5.41) is 3.39. The van der Waals surface area contributed by atoms with Crippen molar-refractivity contribution in [3.05, 3.63) is 0 Å². The van der Waals surface area contributed by atoms with E-state index in [0.29, 0.717) is 12.1 Å². The van der Waals surface area contributed by atoms with Crippen LogP contribution >= 0.6 is 0 Å². The number of rotatable bonds is 3. The summed E-state index contributed by atoms with van der Waals surface area (Å²) < 4.78 is 0. The zero-order valence-electron chi connectivity index (χ0n) is 12.5. The van der Waals surface area contributed by atoms with Crippen LogP contribution in [-0.4, -0.2) is 61.7 Å². The monoisotopic (exact) mass is 253 g/mol. The zero-order valence-corrected chi connectivity index (χ0v) is 12.5. The predicted molar refractivity (Wildman–Crippen MR) is 78.0 cm³/mol. The van der Waals surface area contributed by atoms with E-state index in [1.54, 1.807) is 0 Å². The second-order valence-corrected chi connectivity index (χ2v) is 6.34. The van der Waals surface area contributed by atoms with Gasteiger partial charge in [-0.1, -0.05) is 25.7 Å². The second kappa shape index (κ2) is 6.88. The van der Waals surface area contributed by atoms with Gasteiger partial charge in [0, 0.05) is 37.8 Å². The molecular weight excluding hydrogens is 222 g/mol. The Bertz CT molecular complexity index is 234. The molecule has 0 aromatic rings. The molecule has 1 N–H and O–H groups in total. The Balaban J connectivity index is 2.01. The summed E-state index contributed by atoms with van der Waals surface area (Å²) in [5.41, 5.74) is 0. The number of hydrogen-bond acceptors (Lipinski definition) is 3. The second-order valence-electron chi connectivity index (χ2n) is 6.34. The molecule has 3 heteroatoms. The van der Waals surface area contributed by atoms with Crippen LogP contribution in [0.3, 0.4) is 0 Å². The van der Waals surface area contributed by atoms with Gasteiger partial charge in [0.05, 0.1) is 0 Å². The normalized spacial score (nSPS) is 33.5. The summed E-state index contributed by atoms with van der Waals surface area (Å²) in [6.07, 6.45) is 8.65. The molecular formula is C15H31N3. The molecule has 0 amide bonds. The minimum absolute atomic E-state index is 0.708. The number of nitrogens with zero attached hydrogens (tertiary/aromatic N) is 2. The average molecular weight is 253 g/mol. The molecule has 2 rings (SSSR count). The quantitative estimate of drug-likeness (QED) is 0.776. The number of hydrogen-bond donors (Lipinski definition) is 1. The van der Waals surface area contributed by atoms with Crippen molar-refractivity contribution in [1.29, 1.82) is 0 Å². The van der Waals surface area contributed by atoms with Gasteiger partial charge in [0.25, 0.3) is 0 Å². The lowest BCUT2D eigenvalue weighted by Crippen LogP contribution is -2.61. The largest absolute Gasteiger partial charge is 0.318 e. The summed E-state index contributed by atoms with van der Waals surface area (Å²) in [6, 6.07) is 2.27. The molecule has 1 aliphatic heterocycles. The van der Waals surface area contributed by atoms with Crippen molar-refractivity contribution >= 4 is 0 Å². The Labute approximate surface area is 113 Å². The fourth-order valence-electron chi connectivity index (χ4n) is 3.66. The Morgan fingerprint density at radius 2 is 1.72 bits per heavy atom. The van der Waals surface area contributed by atoms with Crippen molar-refractivity contribution in [1.82, 2.24) is 15.1 Å². The van der Waals surface area contributed by atoms with Crippen molar-refractivity contribution in [2.45, 2.75) is 63.6 Å². The highest BCUT2D eigenvalue weighted by atomic mass is 15.3. The van der Waals surface area contributed by atoms with Gasteiger partial charge < -0.3 is 10.2 Å². The van der Waals surface area contributed by atoms with Crippen LogP contribution in [-0.2, 0) is 0 Å². The van der Waals surface area contributed by atoms with Gasteiger partial charge in [-0.3, -0.25) is 4.90 Å². The molecule has 1 saturated carbocycles. The van der Waals surface area contributed by atoms with Gasteiger partial charge in [0.2, 0.25) is 0 Å². The molecule has 2 atom stereocenters. The highest BCUT2D eigenvalue weighted by Gasteiger charge is 2.33. The maximum absolute atomic E-state index is 3.39. The third-order valence-electron chi connectivity index (χ3n) is 4.93. The van der Waals surface area contributed by atoms with E-state index in [-0.39, 0.29) is 0 Å². The molecule has 2 fully saturated rings. The number of nitrogens with one attached hydrogen (secondary N) is 1. The molecule has 18 heavy (non-hydrogen) atoms. The SMILES string of the molecule is CNCC1CN(C)C(C)CN1C1CCCCCC1. The fourth-order valence-corrected chi connectivity index (χ4v) is 3.66. The Kier molecular flexibility index (Phi) is 5.46. The van der Waals surface area contributed by atoms with Crippen molar-refractivity contribution in [2.24, 2.45) is 0 Å². The number of piperazine rings is 1. The molecule has 0 bridgehead atoms. The molecule has 106 valence electrons. The van der Waals surface area contributed by atoms with Crippen molar-refractivity contribution in [3.63, 3.8) is 0 Å². The lowest BCUT2D eigenvalue weighted by molar-refractivity contribution is 0.0165. The Hall–Kier alpha value is -0.120. The van der Waals surface area contributed by atoms with E-state index in [9.17, 15) is 0 Å². The third kappa shape index (κ3) is 3.46. The van der Waals surface area contributed by atoms with E-state index >= 15 is 0 Å². The van der Waals surface area contributed by atoms with E-state index in [0.717, 1.165) is 12.6 Å². The molecule has 1 saturated heterocycles. The van der Waals surface area contributed by atoms with Crippen LogP contribution in [0.15, 0.2) is 0 Å². The lowest BCUT2D eigenvalue weighted by Gasteiger charge is -2.47. The number of likely N-dealkylation sites (N-methyl/N-ethyl adjacent to an activating group) is 2. The molecule has 0 spiro atoms. The van der Waals surface area contributed by atoms with Crippen LogP contribution in [0.1, 0.15) is 45.4 Å². The standard InChI is InChI=1S/C15H31N3/c1-13-11-18(14-8-6-4-5-7-9-14)15(10-16-2)12-17(13)3/h13-16H,4-12H2,1-3H3. The van der Waals surface area contributed by atoms with E-state index in [1.807, 2.05) is 0 Å². The topological polar surface area (TPSA) is 18.5 Å². The smallest absolute Gasteiger partial charge is 0.0351 e. The summed E-state index contributed by atoms with van der Waals surface area (Å²) >= 11 is 0. The zero-order chi connectivity index (χ0) is 13.0. The maximum atomic E-state index is 3.39. The van der Waals surface area contributed by atoms with Gasteiger partial charge in [0.1, 0.15) is 0 Å². The molecule has 2 unspecified atom stereocenters. The van der Waals surface area contributed by atoms with Gasteiger partial charge in [-0.25, -0.2) is 0 Å². The van der Waals surface area contributed by atoms with Crippen LogP contribution in [0.5, 0.6) is 0 Å². The third-order valence-corrected chi connectivity index (χ3v) is 4.93. The Morgan fingerprint density at radius 3 is 2.33 bits per heavy atom. The van der Waals surface area contributed by atoms with Crippen molar-refractivity contribution in [2.75, 3.05) is 33.7 Å². The fraction of sp³-hybridized carbons (Fsp3) is 1.00.